The topological polar surface area (TPSA) is 129 Å². The van der Waals surface area contributed by atoms with E-state index in [1.54, 1.807) is 17.0 Å². The van der Waals surface area contributed by atoms with Crippen LogP contribution < -0.4 is 10.1 Å². The predicted molar refractivity (Wildman–Crippen MR) is 130 cm³/mol. The lowest BCUT2D eigenvalue weighted by atomic mass is 9.85. The monoisotopic (exact) mass is 542 g/mol. The lowest BCUT2D eigenvalue weighted by Crippen LogP contribution is -2.50. The zero-order valence-corrected chi connectivity index (χ0v) is 20.9. The maximum Gasteiger partial charge on any atom is 0.453 e. The molecule has 15 heteroatoms. The smallest absolute Gasteiger partial charge is 0.453 e. The number of amides is 1. The van der Waals surface area contributed by atoms with Crippen molar-refractivity contribution < 1.29 is 22.7 Å². The van der Waals surface area contributed by atoms with Crippen molar-refractivity contribution in [3.63, 3.8) is 0 Å². The highest BCUT2D eigenvalue weighted by molar-refractivity contribution is 5.76. The molecule has 1 aliphatic heterocycles. The Morgan fingerprint density at radius 3 is 2.67 bits per heavy atom. The largest absolute Gasteiger partial charge is 0.496 e. The number of hydrogen-bond acceptors (Lipinski definition) is 9. The van der Waals surface area contributed by atoms with Gasteiger partial charge < -0.3 is 15.0 Å². The second-order valence-electron chi connectivity index (χ2n) is 9.05. The molecule has 0 saturated carbocycles. The second kappa shape index (κ2) is 11.1. The molecule has 12 nitrogen and oxygen atoms in total. The second-order valence-corrected chi connectivity index (χ2v) is 9.05. The number of carbonyl (C=O) groups is 1. The Morgan fingerprint density at radius 2 is 1.95 bits per heavy atom. The molecule has 4 aromatic rings. The summed E-state index contributed by atoms with van der Waals surface area (Å²) >= 11 is 0. The van der Waals surface area contributed by atoms with Crippen LogP contribution in [0.25, 0.3) is 5.69 Å². The van der Waals surface area contributed by atoms with Crippen molar-refractivity contribution in [3.8, 4) is 11.4 Å². The summed E-state index contributed by atoms with van der Waals surface area (Å²) in [6.07, 6.45) is -2.65. The van der Waals surface area contributed by atoms with Crippen LogP contribution in [0.15, 0.2) is 54.9 Å². The molecule has 1 fully saturated rings. The molecule has 3 heterocycles. The van der Waals surface area contributed by atoms with Crippen LogP contribution in [0.2, 0.25) is 0 Å². The van der Waals surface area contributed by atoms with Crippen LogP contribution in [-0.2, 0) is 24.1 Å². The van der Waals surface area contributed by atoms with Gasteiger partial charge in [0.15, 0.2) is 0 Å². The SMILES string of the molecule is COc1ccc(-n2nnnc2C(F)(F)F)cc1CNC1CCN(C(=O)Cn2cnnn2)CC1c1ccccc1. The number of alkyl halides is 3. The Bertz CT molecular complexity index is 1390. The summed E-state index contributed by atoms with van der Waals surface area (Å²) in [5.41, 5.74) is 1.87. The Kier molecular flexibility index (Phi) is 7.49. The first kappa shape index (κ1) is 26.2. The van der Waals surface area contributed by atoms with Crippen LogP contribution in [0.4, 0.5) is 13.2 Å². The van der Waals surface area contributed by atoms with Crippen LogP contribution in [-0.4, -0.2) is 77.5 Å². The van der Waals surface area contributed by atoms with E-state index in [1.807, 2.05) is 30.3 Å². The number of piperidine rings is 1. The van der Waals surface area contributed by atoms with E-state index in [4.69, 9.17) is 4.74 Å². The van der Waals surface area contributed by atoms with E-state index in [1.165, 1.54) is 24.2 Å². The summed E-state index contributed by atoms with van der Waals surface area (Å²) in [6.45, 7) is 1.37. The zero-order valence-electron chi connectivity index (χ0n) is 20.9. The summed E-state index contributed by atoms with van der Waals surface area (Å²) in [4.78, 5) is 14.7. The Balaban J connectivity index is 1.35. The summed E-state index contributed by atoms with van der Waals surface area (Å²) in [5.74, 6) is -0.811. The lowest BCUT2D eigenvalue weighted by Gasteiger charge is -2.39. The zero-order chi connectivity index (χ0) is 27.4. The number of likely N-dealkylation sites (tertiary alicyclic amines) is 1. The van der Waals surface area contributed by atoms with Gasteiger partial charge in [-0.2, -0.15) is 17.9 Å². The van der Waals surface area contributed by atoms with Crippen LogP contribution in [0.5, 0.6) is 5.75 Å². The fraction of sp³-hybridized carbons (Fsp3) is 0.375. The van der Waals surface area contributed by atoms with Crippen molar-refractivity contribution in [2.75, 3.05) is 20.2 Å². The molecule has 0 radical (unpaired) electrons. The number of nitrogens with one attached hydrogen (secondary N) is 1. The average Bonchev–Trinajstić information content (AvgIpc) is 3.65. The standard InChI is InChI=1S/C24H25F3N10O2/c1-39-21-8-7-18(37-23(24(25,26)27)30-32-34-37)11-17(21)12-28-20-9-10-35(22(38)14-36-15-29-31-33-36)13-19(20)16-5-3-2-4-6-16/h2-8,11,15,19-20,28H,9-10,12-14H2,1H3. The van der Waals surface area contributed by atoms with Crippen molar-refractivity contribution in [3.05, 3.63) is 71.8 Å². The fourth-order valence-corrected chi connectivity index (χ4v) is 4.77. The molecule has 0 spiro atoms. The van der Waals surface area contributed by atoms with Gasteiger partial charge in [0.25, 0.3) is 5.82 Å². The summed E-state index contributed by atoms with van der Waals surface area (Å²) in [7, 11) is 1.50. The Hall–Kier alpha value is -4.40. The van der Waals surface area contributed by atoms with E-state index in [0.717, 1.165) is 5.56 Å². The van der Waals surface area contributed by atoms with E-state index < -0.39 is 12.0 Å². The summed E-state index contributed by atoms with van der Waals surface area (Å²) < 4.78 is 47.6. The molecule has 1 aliphatic rings. The molecular formula is C24H25F3N10O2. The number of rotatable bonds is 8. The van der Waals surface area contributed by atoms with Crippen LogP contribution >= 0.6 is 0 Å². The normalized spacial score (nSPS) is 17.8. The lowest BCUT2D eigenvalue weighted by molar-refractivity contribution is -0.146. The number of hydrogen-bond donors (Lipinski definition) is 1. The van der Waals surface area contributed by atoms with Gasteiger partial charge in [0.1, 0.15) is 18.6 Å². The highest BCUT2D eigenvalue weighted by Gasteiger charge is 2.38. The fourth-order valence-electron chi connectivity index (χ4n) is 4.77. The van der Waals surface area contributed by atoms with Gasteiger partial charge in [0, 0.05) is 37.2 Å². The van der Waals surface area contributed by atoms with Crippen LogP contribution in [0.3, 0.4) is 0 Å². The van der Waals surface area contributed by atoms with Gasteiger partial charge in [-0.15, -0.1) is 10.2 Å². The molecule has 1 saturated heterocycles. The quantitative estimate of drug-likeness (QED) is 0.355. The van der Waals surface area contributed by atoms with Crippen molar-refractivity contribution >= 4 is 5.91 Å². The Morgan fingerprint density at radius 1 is 1.13 bits per heavy atom. The number of halogens is 3. The number of methoxy groups -OCH3 is 1. The van der Waals surface area contributed by atoms with Crippen molar-refractivity contribution in [2.24, 2.45) is 0 Å². The van der Waals surface area contributed by atoms with Gasteiger partial charge in [-0.05, 0) is 51.0 Å². The summed E-state index contributed by atoms with van der Waals surface area (Å²) in [5, 5.41) is 24.3. The first-order chi connectivity index (χ1) is 18.8. The van der Waals surface area contributed by atoms with E-state index >= 15 is 0 Å². The highest BCUT2D eigenvalue weighted by atomic mass is 19.4. The van der Waals surface area contributed by atoms with Crippen molar-refractivity contribution in [1.29, 1.82) is 0 Å². The number of benzene rings is 2. The molecule has 0 aliphatic carbocycles. The minimum Gasteiger partial charge on any atom is -0.496 e. The van der Waals surface area contributed by atoms with Crippen molar-refractivity contribution in [2.45, 2.75) is 37.6 Å². The molecule has 2 aromatic heterocycles. The van der Waals surface area contributed by atoms with Gasteiger partial charge in [-0.25, -0.2) is 4.68 Å². The first-order valence-electron chi connectivity index (χ1n) is 12.1. The molecule has 2 unspecified atom stereocenters. The molecule has 39 heavy (non-hydrogen) atoms. The molecular weight excluding hydrogens is 517 g/mol. The van der Waals surface area contributed by atoms with Crippen LogP contribution in [0, 0.1) is 0 Å². The number of nitrogens with zero attached hydrogens (tertiary/aromatic N) is 9. The minimum absolute atomic E-state index is 0.0170. The van der Waals surface area contributed by atoms with Gasteiger partial charge >= 0.3 is 6.18 Å². The number of ether oxygens (including phenoxy) is 1. The van der Waals surface area contributed by atoms with Gasteiger partial charge in [-0.3, -0.25) is 4.79 Å². The molecule has 0 bridgehead atoms. The maximum atomic E-state index is 13.4. The van der Waals surface area contributed by atoms with Gasteiger partial charge in [0.05, 0.1) is 12.8 Å². The van der Waals surface area contributed by atoms with Gasteiger partial charge in [0.2, 0.25) is 5.91 Å². The van der Waals surface area contributed by atoms with Gasteiger partial charge in [-0.1, -0.05) is 30.3 Å². The Labute approximate surface area is 220 Å². The number of tetrazole rings is 2. The third-order valence-corrected chi connectivity index (χ3v) is 6.67. The van der Waals surface area contributed by atoms with E-state index in [9.17, 15) is 18.0 Å². The number of carbonyl (C=O) groups excluding carboxylic acids is 1. The molecule has 2 atom stereocenters. The maximum absolute atomic E-state index is 13.4. The molecule has 1 amide bonds. The van der Waals surface area contributed by atoms with E-state index in [0.29, 0.717) is 42.0 Å². The third-order valence-electron chi connectivity index (χ3n) is 6.67. The summed E-state index contributed by atoms with van der Waals surface area (Å²) in [6, 6.07) is 14.5. The molecule has 5 rings (SSSR count). The van der Waals surface area contributed by atoms with E-state index in [2.05, 4.69) is 36.4 Å². The molecule has 2 aromatic carbocycles. The minimum atomic E-state index is -4.71. The van der Waals surface area contributed by atoms with Crippen molar-refractivity contribution in [1.82, 2.24) is 50.6 Å². The first-order valence-corrected chi connectivity index (χ1v) is 12.1. The number of aromatic nitrogens is 8. The predicted octanol–water partition coefficient (Wildman–Crippen LogP) is 1.85. The average molecular weight is 543 g/mol. The third kappa shape index (κ3) is 5.87. The molecule has 204 valence electrons. The molecule has 1 N–H and O–H groups in total. The van der Waals surface area contributed by atoms with Crippen LogP contribution in [0.1, 0.15) is 29.3 Å². The van der Waals surface area contributed by atoms with E-state index in [-0.39, 0.29) is 30.1 Å². The highest BCUT2D eigenvalue weighted by Crippen LogP contribution is 2.31.